The Balaban J connectivity index is 1.86. The van der Waals surface area contributed by atoms with Gasteiger partial charge in [0.25, 0.3) is 10.0 Å². The molecule has 0 aliphatic rings. The Hall–Kier alpha value is -3.58. The molecule has 0 amide bonds. The van der Waals surface area contributed by atoms with Crippen LogP contribution >= 0.6 is 0 Å². The maximum atomic E-state index is 13.0. The number of methoxy groups -OCH3 is 1. The summed E-state index contributed by atoms with van der Waals surface area (Å²) in [5, 5.41) is 0.716. The van der Waals surface area contributed by atoms with Crippen LogP contribution in [0.5, 0.6) is 5.75 Å². The van der Waals surface area contributed by atoms with Gasteiger partial charge in [-0.15, -0.1) is 0 Å². The molecule has 0 saturated heterocycles. The van der Waals surface area contributed by atoms with Gasteiger partial charge >= 0.3 is 0 Å². The highest BCUT2D eigenvalue weighted by Gasteiger charge is 2.22. The zero-order valence-corrected chi connectivity index (χ0v) is 20.1. The lowest BCUT2D eigenvalue weighted by Crippen LogP contribution is -2.13. The highest BCUT2D eigenvalue weighted by molar-refractivity contribution is 7.92. The summed E-state index contributed by atoms with van der Waals surface area (Å²) < 4.78 is 35.8. The number of anilines is 1. The Morgan fingerprint density at radius 3 is 2.15 bits per heavy atom. The van der Waals surface area contributed by atoms with Crippen LogP contribution in [0.25, 0.3) is 16.6 Å². The molecule has 0 unspecified atom stereocenters. The summed E-state index contributed by atoms with van der Waals surface area (Å²) in [7, 11) is -2.29. The number of Topliss-reactive ketones (excluding diaryl/α,β-unsaturated/α-hetero) is 1. The Labute approximate surface area is 193 Å². The zero-order chi connectivity index (χ0) is 23.9. The number of hydrogen-bond acceptors (Lipinski definition) is 4. The van der Waals surface area contributed by atoms with Gasteiger partial charge in [0.2, 0.25) is 0 Å². The minimum atomic E-state index is -3.81. The van der Waals surface area contributed by atoms with Crippen molar-refractivity contribution in [3.8, 4) is 11.4 Å². The number of fused-ring (bicyclic) bond motifs is 1. The van der Waals surface area contributed by atoms with Gasteiger partial charge < -0.3 is 9.30 Å². The zero-order valence-electron chi connectivity index (χ0n) is 19.3. The number of sulfonamides is 1. The first-order valence-corrected chi connectivity index (χ1v) is 12.0. The Kier molecular flexibility index (Phi) is 5.76. The topological polar surface area (TPSA) is 77.4 Å². The summed E-state index contributed by atoms with van der Waals surface area (Å²) in [6.45, 7) is 7.39. The number of ketones is 1. The van der Waals surface area contributed by atoms with E-state index in [4.69, 9.17) is 4.74 Å². The van der Waals surface area contributed by atoms with Crippen molar-refractivity contribution in [3.05, 3.63) is 83.0 Å². The van der Waals surface area contributed by atoms with Crippen LogP contribution in [0.15, 0.2) is 65.6 Å². The standard InChI is InChI=1S/C26H26N2O4S/c1-16-6-8-21(9-7-16)28-18(3)25(19(4)29)24-15-20(14-17(2)26(24)28)27-33(30,31)23-12-10-22(32-5)11-13-23/h6-15,27H,1-5H3. The van der Waals surface area contributed by atoms with E-state index in [1.54, 1.807) is 24.3 Å². The second-order valence-corrected chi connectivity index (χ2v) is 9.84. The Morgan fingerprint density at radius 2 is 1.58 bits per heavy atom. The third-order valence-electron chi connectivity index (χ3n) is 5.76. The number of nitrogens with zero attached hydrogens (tertiary/aromatic N) is 1. The predicted molar refractivity (Wildman–Crippen MR) is 131 cm³/mol. The van der Waals surface area contributed by atoms with Crippen LogP contribution < -0.4 is 9.46 Å². The first kappa shape index (κ1) is 22.6. The molecule has 1 heterocycles. The molecular formula is C26H26N2O4S. The van der Waals surface area contributed by atoms with Gasteiger partial charge in [-0.05, 0) is 81.8 Å². The monoisotopic (exact) mass is 462 g/mol. The molecule has 1 N–H and O–H groups in total. The van der Waals surface area contributed by atoms with Crippen molar-refractivity contribution in [2.75, 3.05) is 11.8 Å². The van der Waals surface area contributed by atoms with Gasteiger partial charge in [-0.25, -0.2) is 8.42 Å². The molecule has 0 bridgehead atoms. The summed E-state index contributed by atoms with van der Waals surface area (Å²) >= 11 is 0. The van der Waals surface area contributed by atoms with Gasteiger partial charge in [0.15, 0.2) is 5.78 Å². The molecule has 0 saturated carbocycles. The third kappa shape index (κ3) is 4.12. The molecule has 1 aromatic heterocycles. The fourth-order valence-corrected chi connectivity index (χ4v) is 5.27. The molecule has 3 aromatic carbocycles. The van der Waals surface area contributed by atoms with Crippen LogP contribution in [0.1, 0.15) is 34.1 Å². The first-order chi connectivity index (χ1) is 15.6. The van der Waals surface area contributed by atoms with E-state index in [0.717, 1.165) is 28.0 Å². The minimum absolute atomic E-state index is 0.0714. The summed E-state index contributed by atoms with van der Waals surface area (Å²) in [4.78, 5) is 12.7. The molecule has 170 valence electrons. The van der Waals surface area contributed by atoms with Gasteiger partial charge in [-0.2, -0.15) is 0 Å². The largest absolute Gasteiger partial charge is 0.497 e. The second kappa shape index (κ2) is 8.41. The molecule has 0 aliphatic heterocycles. The van der Waals surface area contributed by atoms with Crippen LogP contribution in [-0.4, -0.2) is 25.9 Å². The summed E-state index contributed by atoms with van der Waals surface area (Å²) in [5.41, 5.74) is 5.64. The molecule has 0 spiro atoms. The molecule has 0 atom stereocenters. The maximum absolute atomic E-state index is 13.0. The number of carbonyl (C=O) groups is 1. The molecule has 33 heavy (non-hydrogen) atoms. The van der Waals surface area contributed by atoms with Gasteiger partial charge in [0, 0.05) is 28.0 Å². The van der Waals surface area contributed by atoms with E-state index < -0.39 is 10.0 Å². The van der Waals surface area contributed by atoms with Crippen molar-refractivity contribution in [3.63, 3.8) is 0 Å². The van der Waals surface area contributed by atoms with Crippen molar-refractivity contribution < 1.29 is 17.9 Å². The van der Waals surface area contributed by atoms with E-state index in [1.165, 1.54) is 26.2 Å². The van der Waals surface area contributed by atoms with Crippen LogP contribution in [-0.2, 0) is 10.0 Å². The Morgan fingerprint density at radius 1 is 0.939 bits per heavy atom. The van der Waals surface area contributed by atoms with E-state index in [-0.39, 0.29) is 10.7 Å². The first-order valence-electron chi connectivity index (χ1n) is 10.5. The number of aromatic nitrogens is 1. The van der Waals surface area contributed by atoms with Gasteiger partial charge in [-0.3, -0.25) is 9.52 Å². The van der Waals surface area contributed by atoms with E-state index in [0.29, 0.717) is 22.4 Å². The van der Waals surface area contributed by atoms with Gasteiger partial charge in [-0.1, -0.05) is 17.7 Å². The minimum Gasteiger partial charge on any atom is -0.497 e. The van der Waals surface area contributed by atoms with Crippen LogP contribution in [0.3, 0.4) is 0 Å². The molecule has 0 fully saturated rings. The van der Waals surface area contributed by atoms with Crippen molar-refractivity contribution >= 4 is 32.4 Å². The van der Waals surface area contributed by atoms with Gasteiger partial charge in [0.1, 0.15) is 5.75 Å². The molecule has 6 nitrogen and oxygen atoms in total. The molecule has 4 rings (SSSR count). The number of carbonyl (C=O) groups excluding carboxylic acids is 1. The number of hydrogen-bond donors (Lipinski definition) is 1. The van der Waals surface area contributed by atoms with Crippen molar-refractivity contribution in [1.82, 2.24) is 4.57 Å². The summed E-state index contributed by atoms with van der Waals surface area (Å²) in [5.74, 6) is 0.503. The van der Waals surface area contributed by atoms with E-state index in [9.17, 15) is 13.2 Å². The highest BCUT2D eigenvalue weighted by atomic mass is 32.2. The van der Waals surface area contributed by atoms with E-state index in [2.05, 4.69) is 9.29 Å². The number of rotatable bonds is 6. The maximum Gasteiger partial charge on any atom is 0.261 e. The van der Waals surface area contributed by atoms with Crippen molar-refractivity contribution in [2.24, 2.45) is 0 Å². The number of ether oxygens (including phenoxy) is 1. The number of benzene rings is 3. The number of aryl methyl sites for hydroxylation is 2. The van der Waals surface area contributed by atoms with Gasteiger partial charge in [0.05, 0.1) is 17.5 Å². The number of nitrogens with one attached hydrogen (secondary N) is 1. The van der Waals surface area contributed by atoms with Crippen LogP contribution in [0.2, 0.25) is 0 Å². The van der Waals surface area contributed by atoms with E-state index >= 15 is 0 Å². The average Bonchev–Trinajstić information content (AvgIpc) is 3.06. The van der Waals surface area contributed by atoms with E-state index in [1.807, 2.05) is 45.0 Å². The molecular weight excluding hydrogens is 436 g/mol. The molecule has 0 aliphatic carbocycles. The molecule has 7 heteroatoms. The lowest BCUT2D eigenvalue weighted by molar-refractivity contribution is 0.101. The summed E-state index contributed by atoms with van der Waals surface area (Å²) in [6, 6.07) is 17.8. The normalized spacial score (nSPS) is 11.5. The lowest BCUT2D eigenvalue weighted by Gasteiger charge is -2.13. The highest BCUT2D eigenvalue weighted by Crippen LogP contribution is 2.35. The fourth-order valence-electron chi connectivity index (χ4n) is 4.23. The third-order valence-corrected chi connectivity index (χ3v) is 7.15. The SMILES string of the molecule is COc1ccc(S(=O)(=O)Nc2cc(C)c3c(c2)c(C(C)=O)c(C)n3-c2ccc(C)cc2)cc1. The van der Waals surface area contributed by atoms with Crippen LogP contribution in [0.4, 0.5) is 5.69 Å². The average molecular weight is 463 g/mol. The molecule has 4 aromatic rings. The quantitative estimate of drug-likeness (QED) is 0.380. The summed E-state index contributed by atoms with van der Waals surface area (Å²) in [6.07, 6.45) is 0. The lowest BCUT2D eigenvalue weighted by atomic mass is 10.0. The second-order valence-electron chi connectivity index (χ2n) is 8.16. The Bertz CT molecular complexity index is 1470. The van der Waals surface area contributed by atoms with Crippen molar-refractivity contribution in [1.29, 1.82) is 0 Å². The van der Waals surface area contributed by atoms with Crippen LogP contribution in [0, 0.1) is 20.8 Å². The smallest absolute Gasteiger partial charge is 0.261 e. The fraction of sp³-hybridized carbons (Fsp3) is 0.192. The van der Waals surface area contributed by atoms with Crippen molar-refractivity contribution in [2.45, 2.75) is 32.6 Å². The predicted octanol–water partition coefficient (Wildman–Crippen LogP) is 5.57. The molecule has 0 radical (unpaired) electrons.